The second-order valence-corrected chi connectivity index (χ2v) is 6.13. The molecule has 0 unspecified atom stereocenters. The Morgan fingerprint density at radius 1 is 1.10 bits per heavy atom. The molecule has 0 bridgehead atoms. The molecule has 1 aliphatic carbocycles. The molecule has 1 heterocycles. The molecule has 0 aromatic carbocycles. The third-order valence-electron chi connectivity index (χ3n) is 4.76. The standard InChI is InChI=1S/C15H26N2O4/c18-10-9-17(13-3-1-2-4-13)11-14(19)16-7-5-12(6-8-16)15(20)21/h12-13,18H,1-11H2,(H,20,21). The SMILES string of the molecule is O=C(O)C1CCN(C(=O)CN(CCO)C2CCCC2)CC1. The Balaban J connectivity index is 1.83. The van der Waals surface area contributed by atoms with Crippen LogP contribution in [0.25, 0.3) is 0 Å². The summed E-state index contributed by atoms with van der Waals surface area (Å²) in [5, 5.41) is 18.2. The number of aliphatic hydroxyl groups excluding tert-OH is 1. The van der Waals surface area contributed by atoms with Gasteiger partial charge in [-0.25, -0.2) is 0 Å². The fourth-order valence-corrected chi connectivity index (χ4v) is 3.44. The molecule has 6 nitrogen and oxygen atoms in total. The lowest BCUT2D eigenvalue weighted by atomic mass is 9.97. The van der Waals surface area contributed by atoms with Gasteiger partial charge in [0, 0.05) is 25.7 Å². The predicted octanol–water partition coefficient (Wildman–Crippen LogP) is 0.546. The number of amides is 1. The smallest absolute Gasteiger partial charge is 0.306 e. The number of likely N-dealkylation sites (tertiary alicyclic amines) is 1. The molecule has 2 N–H and O–H groups in total. The van der Waals surface area contributed by atoms with Gasteiger partial charge in [0.15, 0.2) is 0 Å². The van der Waals surface area contributed by atoms with Gasteiger partial charge in [-0.2, -0.15) is 0 Å². The molecular weight excluding hydrogens is 272 g/mol. The fourth-order valence-electron chi connectivity index (χ4n) is 3.44. The summed E-state index contributed by atoms with van der Waals surface area (Å²) < 4.78 is 0. The largest absolute Gasteiger partial charge is 0.481 e. The highest BCUT2D eigenvalue weighted by Crippen LogP contribution is 2.24. The Hall–Kier alpha value is -1.14. The highest BCUT2D eigenvalue weighted by Gasteiger charge is 2.29. The second-order valence-electron chi connectivity index (χ2n) is 6.13. The van der Waals surface area contributed by atoms with E-state index >= 15 is 0 Å². The number of piperidine rings is 1. The lowest BCUT2D eigenvalue weighted by Gasteiger charge is -2.34. The quantitative estimate of drug-likeness (QED) is 0.748. The Kier molecular flexibility index (Phi) is 5.99. The molecule has 1 saturated heterocycles. The van der Waals surface area contributed by atoms with Crippen molar-refractivity contribution < 1.29 is 19.8 Å². The van der Waals surface area contributed by atoms with Crippen LogP contribution in [0.3, 0.4) is 0 Å². The third kappa shape index (κ3) is 4.41. The van der Waals surface area contributed by atoms with E-state index in [2.05, 4.69) is 4.90 Å². The van der Waals surface area contributed by atoms with Crippen molar-refractivity contribution in [3.8, 4) is 0 Å². The van der Waals surface area contributed by atoms with E-state index in [4.69, 9.17) is 5.11 Å². The summed E-state index contributed by atoms with van der Waals surface area (Å²) in [4.78, 5) is 27.2. The number of aliphatic hydroxyl groups is 1. The van der Waals surface area contributed by atoms with Gasteiger partial charge in [0.1, 0.15) is 0 Å². The van der Waals surface area contributed by atoms with Gasteiger partial charge < -0.3 is 15.1 Å². The van der Waals surface area contributed by atoms with E-state index in [0.29, 0.717) is 45.1 Å². The van der Waals surface area contributed by atoms with E-state index in [1.54, 1.807) is 4.90 Å². The monoisotopic (exact) mass is 298 g/mol. The molecule has 0 aromatic rings. The summed E-state index contributed by atoms with van der Waals surface area (Å²) >= 11 is 0. The summed E-state index contributed by atoms with van der Waals surface area (Å²) in [5.41, 5.74) is 0. The van der Waals surface area contributed by atoms with Crippen LogP contribution in [0.5, 0.6) is 0 Å². The topological polar surface area (TPSA) is 81.1 Å². The second kappa shape index (κ2) is 7.75. The number of rotatable bonds is 6. The van der Waals surface area contributed by atoms with Crippen molar-refractivity contribution in [1.29, 1.82) is 0 Å². The summed E-state index contributed by atoms with van der Waals surface area (Å²) in [6.07, 6.45) is 5.70. The van der Waals surface area contributed by atoms with E-state index < -0.39 is 5.97 Å². The van der Waals surface area contributed by atoms with Crippen LogP contribution in [0.4, 0.5) is 0 Å². The van der Waals surface area contributed by atoms with E-state index in [9.17, 15) is 14.7 Å². The maximum atomic E-state index is 12.4. The minimum atomic E-state index is -0.755. The number of hydrogen-bond acceptors (Lipinski definition) is 4. The Bertz CT molecular complexity index is 361. The Morgan fingerprint density at radius 3 is 2.24 bits per heavy atom. The zero-order valence-corrected chi connectivity index (χ0v) is 12.5. The summed E-state index contributed by atoms with van der Waals surface area (Å²) in [7, 11) is 0. The molecule has 1 amide bonds. The predicted molar refractivity (Wildman–Crippen MR) is 77.9 cm³/mol. The van der Waals surface area contributed by atoms with Crippen LogP contribution in [0, 0.1) is 5.92 Å². The molecule has 6 heteroatoms. The number of carboxylic acid groups (broad SMARTS) is 1. The average molecular weight is 298 g/mol. The molecule has 0 aromatic heterocycles. The van der Waals surface area contributed by atoms with Gasteiger partial charge >= 0.3 is 5.97 Å². The molecule has 2 fully saturated rings. The first-order chi connectivity index (χ1) is 10.1. The van der Waals surface area contributed by atoms with Crippen molar-refractivity contribution >= 4 is 11.9 Å². The van der Waals surface area contributed by atoms with Crippen molar-refractivity contribution in [1.82, 2.24) is 9.80 Å². The van der Waals surface area contributed by atoms with Crippen LogP contribution in [0.2, 0.25) is 0 Å². The molecule has 0 radical (unpaired) electrons. The maximum Gasteiger partial charge on any atom is 0.306 e. The van der Waals surface area contributed by atoms with Crippen LogP contribution in [0.15, 0.2) is 0 Å². The number of carboxylic acids is 1. The Labute approximate surface area is 125 Å². The molecule has 2 rings (SSSR count). The minimum Gasteiger partial charge on any atom is -0.481 e. The van der Waals surface area contributed by atoms with E-state index in [-0.39, 0.29) is 18.4 Å². The van der Waals surface area contributed by atoms with Crippen LogP contribution in [-0.4, -0.2) is 70.7 Å². The molecule has 120 valence electrons. The maximum absolute atomic E-state index is 12.4. The molecule has 1 saturated carbocycles. The number of carbonyl (C=O) groups is 2. The normalized spacial score (nSPS) is 21.1. The van der Waals surface area contributed by atoms with E-state index in [0.717, 1.165) is 12.8 Å². The highest BCUT2D eigenvalue weighted by atomic mass is 16.4. The number of aliphatic carboxylic acids is 1. The van der Waals surface area contributed by atoms with Crippen LogP contribution < -0.4 is 0 Å². The van der Waals surface area contributed by atoms with Gasteiger partial charge in [0.05, 0.1) is 19.1 Å². The minimum absolute atomic E-state index is 0.0687. The van der Waals surface area contributed by atoms with Crippen molar-refractivity contribution in [3.05, 3.63) is 0 Å². The first-order valence-electron chi connectivity index (χ1n) is 7.97. The van der Waals surface area contributed by atoms with Crippen LogP contribution >= 0.6 is 0 Å². The molecular formula is C15H26N2O4. The third-order valence-corrected chi connectivity index (χ3v) is 4.76. The van der Waals surface area contributed by atoms with Crippen molar-refractivity contribution in [3.63, 3.8) is 0 Å². The zero-order valence-electron chi connectivity index (χ0n) is 12.5. The summed E-state index contributed by atoms with van der Waals surface area (Å²) in [5.74, 6) is -0.994. The van der Waals surface area contributed by atoms with Gasteiger partial charge in [0.25, 0.3) is 0 Å². The van der Waals surface area contributed by atoms with Crippen LogP contribution in [0.1, 0.15) is 38.5 Å². The van der Waals surface area contributed by atoms with Gasteiger partial charge in [-0.05, 0) is 25.7 Å². The van der Waals surface area contributed by atoms with E-state index in [1.807, 2.05) is 0 Å². The van der Waals surface area contributed by atoms with Crippen molar-refractivity contribution in [2.75, 3.05) is 32.8 Å². The van der Waals surface area contributed by atoms with Gasteiger partial charge in [-0.1, -0.05) is 12.8 Å². The van der Waals surface area contributed by atoms with Crippen LogP contribution in [-0.2, 0) is 9.59 Å². The fraction of sp³-hybridized carbons (Fsp3) is 0.867. The molecule has 0 spiro atoms. The van der Waals surface area contributed by atoms with Gasteiger partial charge in [0.2, 0.25) is 5.91 Å². The number of hydrogen-bond donors (Lipinski definition) is 2. The number of carbonyl (C=O) groups excluding carboxylic acids is 1. The number of nitrogens with zero attached hydrogens (tertiary/aromatic N) is 2. The highest BCUT2D eigenvalue weighted by molar-refractivity contribution is 5.79. The molecule has 2 aliphatic rings. The molecule has 1 aliphatic heterocycles. The van der Waals surface area contributed by atoms with E-state index in [1.165, 1.54) is 12.8 Å². The first-order valence-corrected chi connectivity index (χ1v) is 7.97. The first kappa shape index (κ1) is 16.2. The summed E-state index contributed by atoms with van der Waals surface area (Å²) in [6.45, 7) is 2.04. The average Bonchev–Trinajstić information content (AvgIpc) is 3.01. The van der Waals surface area contributed by atoms with Crippen molar-refractivity contribution in [2.45, 2.75) is 44.6 Å². The van der Waals surface area contributed by atoms with Crippen molar-refractivity contribution in [2.24, 2.45) is 5.92 Å². The molecule has 21 heavy (non-hydrogen) atoms. The lowest BCUT2D eigenvalue weighted by Crippen LogP contribution is -2.47. The Morgan fingerprint density at radius 2 is 1.71 bits per heavy atom. The summed E-state index contributed by atoms with van der Waals surface area (Å²) in [6, 6.07) is 0.414. The molecule has 0 atom stereocenters. The lowest BCUT2D eigenvalue weighted by molar-refractivity contribution is -0.146. The van der Waals surface area contributed by atoms with Gasteiger partial charge in [-0.15, -0.1) is 0 Å². The van der Waals surface area contributed by atoms with Gasteiger partial charge in [-0.3, -0.25) is 14.5 Å². The zero-order chi connectivity index (χ0) is 15.2.